The minimum atomic E-state index is -0.976. The predicted octanol–water partition coefficient (Wildman–Crippen LogP) is 0.666. The van der Waals surface area contributed by atoms with Gasteiger partial charge in [0, 0.05) is 5.92 Å². The first-order chi connectivity index (χ1) is 6.66. The van der Waals surface area contributed by atoms with Gasteiger partial charge in [-0.2, -0.15) is 0 Å². The van der Waals surface area contributed by atoms with Gasteiger partial charge >= 0.3 is 5.97 Å². The number of carboxylic acid groups (broad SMARTS) is 1. The lowest BCUT2D eigenvalue weighted by Crippen LogP contribution is -2.36. The molecule has 1 fully saturated rings. The van der Waals surface area contributed by atoms with Crippen LogP contribution in [0.4, 0.5) is 0 Å². The zero-order valence-corrected chi connectivity index (χ0v) is 8.45. The van der Waals surface area contributed by atoms with E-state index in [1.165, 1.54) is 0 Å². The van der Waals surface area contributed by atoms with Crippen LogP contribution in [0.2, 0.25) is 0 Å². The summed E-state index contributed by atoms with van der Waals surface area (Å²) in [4.78, 5) is 22.5. The van der Waals surface area contributed by atoms with Gasteiger partial charge in [-0.1, -0.05) is 6.92 Å². The van der Waals surface area contributed by atoms with Gasteiger partial charge in [-0.15, -0.1) is 0 Å². The fraction of sp³-hybridized carbons (Fsp3) is 0.800. The third-order valence-electron chi connectivity index (χ3n) is 2.79. The SMILES string of the molecule is CCC(C(=O)O)C(=O)C1CCNCC1. The maximum absolute atomic E-state index is 11.8. The maximum atomic E-state index is 11.8. The molecule has 1 saturated heterocycles. The summed E-state index contributed by atoms with van der Waals surface area (Å²) in [7, 11) is 0. The molecule has 0 radical (unpaired) electrons. The van der Waals surface area contributed by atoms with Crippen molar-refractivity contribution in [1.29, 1.82) is 0 Å². The smallest absolute Gasteiger partial charge is 0.314 e. The topological polar surface area (TPSA) is 66.4 Å². The number of Topliss-reactive ketones (excluding diaryl/α,β-unsaturated/α-hetero) is 1. The summed E-state index contributed by atoms with van der Waals surface area (Å²) in [6.45, 7) is 3.40. The highest BCUT2D eigenvalue weighted by molar-refractivity contribution is 5.99. The molecular weight excluding hydrogens is 182 g/mol. The van der Waals surface area contributed by atoms with Gasteiger partial charge in [0.1, 0.15) is 11.7 Å². The summed E-state index contributed by atoms with van der Waals surface area (Å²) in [5, 5.41) is 12.0. The highest BCUT2D eigenvalue weighted by Crippen LogP contribution is 2.19. The first-order valence-electron chi connectivity index (χ1n) is 5.14. The molecule has 4 heteroatoms. The standard InChI is InChI=1S/C10H17NO3/c1-2-8(10(13)14)9(12)7-3-5-11-6-4-7/h7-8,11H,2-6H2,1H3,(H,13,14). The molecule has 14 heavy (non-hydrogen) atoms. The van der Waals surface area contributed by atoms with Crippen LogP contribution in [0, 0.1) is 11.8 Å². The van der Waals surface area contributed by atoms with E-state index in [0.29, 0.717) is 6.42 Å². The predicted molar refractivity (Wildman–Crippen MR) is 52.0 cm³/mol. The Kier molecular flexibility index (Phi) is 4.07. The molecule has 1 unspecified atom stereocenters. The Morgan fingerprint density at radius 3 is 2.43 bits per heavy atom. The van der Waals surface area contributed by atoms with Crippen LogP contribution in [0.3, 0.4) is 0 Å². The van der Waals surface area contributed by atoms with Crippen molar-refractivity contribution < 1.29 is 14.7 Å². The first kappa shape index (κ1) is 11.2. The highest BCUT2D eigenvalue weighted by Gasteiger charge is 2.31. The number of ketones is 1. The molecule has 4 nitrogen and oxygen atoms in total. The summed E-state index contributed by atoms with van der Waals surface area (Å²) < 4.78 is 0. The normalized spacial score (nSPS) is 20.4. The summed E-state index contributed by atoms with van der Waals surface area (Å²) in [6, 6.07) is 0. The molecule has 0 aromatic carbocycles. The Morgan fingerprint density at radius 2 is 2.00 bits per heavy atom. The summed E-state index contributed by atoms with van der Waals surface area (Å²) >= 11 is 0. The molecule has 1 heterocycles. The third-order valence-corrected chi connectivity index (χ3v) is 2.79. The number of carbonyl (C=O) groups excluding carboxylic acids is 1. The number of nitrogens with one attached hydrogen (secondary N) is 1. The van der Waals surface area contributed by atoms with Crippen LogP contribution in [0.1, 0.15) is 26.2 Å². The Labute approximate surface area is 83.7 Å². The van der Waals surface area contributed by atoms with Gasteiger partial charge < -0.3 is 10.4 Å². The van der Waals surface area contributed by atoms with Crippen LogP contribution in [0.5, 0.6) is 0 Å². The Bertz CT molecular complexity index is 221. The number of rotatable bonds is 4. The molecule has 0 amide bonds. The first-order valence-corrected chi connectivity index (χ1v) is 5.14. The molecule has 1 aliphatic rings. The van der Waals surface area contributed by atoms with Crippen molar-refractivity contribution in [1.82, 2.24) is 5.32 Å². The zero-order valence-electron chi connectivity index (χ0n) is 8.45. The second-order valence-corrected chi connectivity index (χ2v) is 3.73. The Morgan fingerprint density at radius 1 is 1.43 bits per heavy atom. The molecule has 80 valence electrons. The van der Waals surface area contributed by atoms with Gasteiger partial charge in [-0.25, -0.2) is 0 Å². The van der Waals surface area contributed by atoms with Crippen LogP contribution < -0.4 is 5.32 Å². The minimum absolute atomic E-state index is 0.0442. The van der Waals surface area contributed by atoms with Gasteiger partial charge in [-0.05, 0) is 32.4 Å². The molecule has 0 aliphatic carbocycles. The summed E-state index contributed by atoms with van der Waals surface area (Å²) in [6.07, 6.45) is 1.96. The van der Waals surface area contributed by atoms with Crippen LogP contribution in [0.15, 0.2) is 0 Å². The number of hydrogen-bond acceptors (Lipinski definition) is 3. The molecule has 0 bridgehead atoms. The second-order valence-electron chi connectivity index (χ2n) is 3.73. The fourth-order valence-corrected chi connectivity index (χ4v) is 1.89. The van der Waals surface area contributed by atoms with E-state index in [-0.39, 0.29) is 11.7 Å². The van der Waals surface area contributed by atoms with E-state index in [1.807, 2.05) is 0 Å². The quantitative estimate of drug-likeness (QED) is 0.653. The maximum Gasteiger partial charge on any atom is 0.314 e. The lowest BCUT2D eigenvalue weighted by Gasteiger charge is -2.23. The molecular formula is C10H17NO3. The summed E-state index contributed by atoms with van der Waals surface area (Å²) in [5.74, 6) is -1.90. The van der Waals surface area contributed by atoms with E-state index >= 15 is 0 Å². The van der Waals surface area contributed by atoms with E-state index in [0.717, 1.165) is 25.9 Å². The fourth-order valence-electron chi connectivity index (χ4n) is 1.89. The molecule has 0 aromatic heterocycles. The van der Waals surface area contributed by atoms with Crippen LogP contribution in [0.25, 0.3) is 0 Å². The second kappa shape index (κ2) is 5.10. The van der Waals surface area contributed by atoms with Gasteiger partial charge in [0.05, 0.1) is 0 Å². The highest BCUT2D eigenvalue weighted by atomic mass is 16.4. The van der Waals surface area contributed by atoms with E-state index < -0.39 is 11.9 Å². The van der Waals surface area contributed by atoms with E-state index in [1.54, 1.807) is 6.92 Å². The van der Waals surface area contributed by atoms with E-state index in [4.69, 9.17) is 5.11 Å². The lowest BCUT2D eigenvalue weighted by atomic mass is 9.85. The van der Waals surface area contributed by atoms with Gasteiger partial charge in [-0.3, -0.25) is 9.59 Å². The number of hydrogen-bond donors (Lipinski definition) is 2. The van der Waals surface area contributed by atoms with Crippen molar-refractivity contribution in [3.63, 3.8) is 0 Å². The third kappa shape index (κ3) is 2.54. The minimum Gasteiger partial charge on any atom is -0.481 e. The monoisotopic (exact) mass is 199 g/mol. The van der Waals surface area contributed by atoms with Gasteiger partial charge in [0.2, 0.25) is 0 Å². The molecule has 0 aromatic rings. The van der Waals surface area contributed by atoms with Crippen molar-refractivity contribution in [2.24, 2.45) is 11.8 Å². The molecule has 2 N–H and O–H groups in total. The molecule has 1 aliphatic heterocycles. The van der Waals surface area contributed by atoms with Crippen molar-refractivity contribution >= 4 is 11.8 Å². The number of carboxylic acids is 1. The van der Waals surface area contributed by atoms with Crippen molar-refractivity contribution in [3.8, 4) is 0 Å². The van der Waals surface area contributed by atoms with Crippen molar-refractivity contribution in [3.05, 3.63) is 0 Å². The Hall–Kier alpha value is -0.900. The average Bonchev–Trinajstić information content (AvgIpc) is 2.19. The largest absolute Gasteiger partial charge is 0.481 e. The van der Waals surface area contributed by atoms with Crippen molar-refractivity contribution in [2.75, 3.05) is 13.1 Å². The Balaban J connectivity index is 2.56. The van der Waals surface area contributed by atoms with Crippen LogP contribution in [-0.2, 0) is 9.59 Å². The molecule has 0 saturated carbocycles. The molecule has 1 atom stereocenters. The van der Waals surface area contributed by atoms with E-state index in [2.05, 4.69) is 5.32 Å². The van der Waals surface area contributed by atoms with Gasteiger partial charge in [0.15, 0.2) is 0 Å². The summed E-state index contributed by atoms with van der Waals surface area (Å²) in [5.41, 5.74) is 0. The van der Waals surface area contributed by atoms with Crippen molar-refractivity contribution in [2.45, 2.75) is 26.2 Å². The number of piperidine rings is 1. The lowest BCUT2D eigenvalue weighted by molar-refractivity contribution is -0.147. The van der Waals surface area contributed by atoms with E-state index in [9.17, 15) is 9.59 Å². The van der Waals surface area contributed by atoms with Crippen LogP contribution in [-0.4, -0.2) is 29.9 Å². The number of carbonyl (C=O) groups is 2. The zero-order chi connectivity index (χ0) is 10.6. The average molecular weight is 199 g/mol. The molecule has 1 rings (SSSR count). The van der Waals surface area contributed by atoms with Crippen LogP contribution >= 0.6 is 0 Å². The molecule has 0 spiro atoms. The van der Waals surface area contributed by atoms with Gasteiger partial charge in [0.25, 0.3) is 0 Å². The number of aliphatic carboxylic acids is 1.